The molecule has 8 heteroatoms. The number of rotatable bonds is 3. The van der Waals surface area contributed by atoms with Crippen LogP contribution in [0.2, 0.25) is 0 Å². The largest absolute Gasteiger partial charge is 0.348 e. The molecule has 0 bridgehead atoms. The number of pyridine rings is 1. The molecule has 2 aliphatic heterocycles. The first-order valence-electron chi connectivity index (χ1n) is 9.12. The van der Waals surface area contributed by atoms with Gasteiger partial charge in [0.2, 0.25) is 0 Å². The Hall–Kier alpha value is -1.93. The standard InChI is InChI=1S/C18H24N4O3S/c1-13-17(22-8-3-2-4-16(22)19-13)18(23)20-14-5-9-21(10-6-14)15-7-11-26(24,25)12-15/h2-4,8,14-15H,5-7,9-12H2,1H3,(H,20,23)/t15-/m0/s1. The van der Waals surface area contributed by atoms with Crippen LogP contribution in [-0.4, -0.2) is 65.3 Å². The third kappa shape index (κ3) is 3.35. The van der Waals surface area contributed by atoms with Crippen LogP contribution in [0.5, 0.6) is 0 Å². The first-order chi connectivity index (χ1) is 12.4. The second-order valence-electron chi connectivity index (χ2n) is 7.32. The number of likely N-dealkylation sites (tertiary alicyclic amines) is 1. The number of fused-ring (bicyclic) bond motifs is 1. The molecule has 2 fully saturated rings. The summed E-state index contributed by atoms with van der Waals surface area (Å²) in [6, 6.07) is 5.95. The second kappa shape index (κ2) is 6.66. The molecule has 0 saturated carbocycles. The lowest BCUT2D eigenvalue weighted by Gasteiger charge is -2.35. The molecule has 140 valence electrons. The van der Waals surface area contributed by atoms with Crippen molar-refractivity contribution in [2.45, 2.75) is 38.3 Å². The van der Waals surface area contributed by atoms with Gasteiger partial charge in [-0.1, -0.05) is 6.07 Å². The molecule has 2 aromatic rings. The van der Waals surface area contributed by atoms with Crippen LogP contribution in [0.1, 0.15) is 35.4 Å². The molecule has 1 amide bonds. The average molecular weight is 376 g/mol. The van der Waals surface area contributed by atoms with Crippen molar-refractivity contribution in [2.75, 3.05) is 24.6 Å². The van der Waals surface area contributed by atoms with Crippen molar-refractivity contribution >= 4 is 21.4 Å². The van der Waals surface area contributed by atoms with Crippen LogP contribution < -0.4 is 5.32 Å². The smallest absolute Gasteiger partial charge is 0.270 e. The minimum absolute atomic E-state index is 0.0944. The summed E-state index contributed by atoms with van der Waals surface area (Å²) in [5, 5.41) is 3.14. The van der Waals surface area contributed by atoms with Crippen molar-refractivity contribution in [3.05, 3.63) is 35.8 Å². The number of aromatic nitrogens is 2. The summed E-state index contributed by atoms with van der Waals surface area (Å²) in [5.41, 5.74) is 2.08. The van der Waals surface area contributed by atoms with E-state index in [9.17, 15) is 13.2 Å². The van der Waals surface area contributed by atoms with Crippen LogP contribution in [0.4, 0.5) is 0 Å². The number of aryl methyl sites for hydroxylation is 1. The van der Waals surface area contributed by atoms with Gasteiger partial charge in [-0.2, -0.15) is 0 Å². The maximum Gasteiger partial charge on any atom is 0.270 e. The van der Waals surface area contributed by atoms with Crippen LogP contribution in [0.25, 0.3) is 5.65 Å². The van der Waals surface area contributed by atoms with Gasteiger partial charge in [0.25, 0.3) is 5.91 Å². The summed E-state index contributed by atoms with van der Waals surface area (Å²) in [7, 11) is -2.85. The van der Waals surface area contributed by atoms with Crippen LogP contribution in [0.15, 0.2) is 24.4 Å². The summed E-state index contributed by atoms with van der Waals surface area (Å²) < 4.78 is 25.2. The predicted molar refractivity (Wildman–Crippen MR) is 99.0 cm³/mol. The highest BCUT2D eigenvalue weighted by molar-refractivity contribution is 7.91. The monoisotopic (exact) mass is 376 g/mol. The van der Waals surface area contributed by atoms with Crippen molar-refractivity contribution in [1.82, 2.24) is 19.6 Å². The van der Waals surface area contributed by atoms with E-state index in [0.29, 0.717) is 11.4 Å². The number of imidazole rings is 1. The first kappa shape index (κ1) is 17.5. The van der Waals surface area contributed by atoms with Crippen LogP contribution in [0.3, 0.4) is 0 Å². The Morgan fingerprint density at radius 2 is 2.00 bits per heavy atom. The van der Waals surface area contributed by atoms with Crippen LogP contribution >= 0.6 is 0 Å². The van der Waals surface area contributed by atoms with Crippen molar-refractivity contribution in [2.24, 2.45) is 0 Å². The highest BCUT2D eigenvalue weighted by Crippen LogP contribution is 2.22. The Labute approximate surface area is 153 Å². The van der Waals surface area contributed by atoms with E-state index in [1.54, 1.807) is 0 Å². The number of nitrogens with zero attached hydrogens (tertiary/aromatic N) is 3. The van der Waals surface area contributed by atoms with Crippen molar-refractivity contribution in [3.8, 4) is 0 Å². The Balaban J connectivity index is 1.38. The molecule has 0 aliphatic carbocycles. The van der Waals surface area contributed by atoms with Crippen molar-refractivity contribution in [3.63, 3.8) is 0 Å². The molecular formula is C18H24N4O3S. The first-order valence-corrected chi connectivity index (χ1v) is 10.9. The normalized spacial score (nSPS) is 24.1. The molecule has 4 rings (SSSR count). The minimum atomic E-state index is -2.85. The number of hydrogen-bond donors (Lipinski definition) is 1. The van der Waals surface area contributed by atoms with Gasteiger partial charge in [0.1, 0.15) is 11.3 Å². The Kier molecular flexibility index (Phi) is 4.48. The quantitative estimate of drug-likeness (QED) is 0.865. The molecule has 0 radical (unpaired) electrons. The lowest BCUT2D eigenvalue weighted by Crippen LogP contribution is -2.48. The molecule has 0 spiro atoms. The Morgan fingerprint density at radius 3 is 2.69 bits per heavy atom. The summed E-state index contributed by atoms with van der Waals surface area (Å²) in [6.45, 7) is 3.51. The van der Waals surface area contributed by atoms with Crippen LogP contribution in [0, 0.1) is 6.92 Å². The fourth-order valence-electron chi connectivity index (χ4n) is 4.11. The number of nitrogens with one attached hydrogen (secondary N) is 1. The summed E-state index contributed by atoms with van der Waals surface area (Å²) in [4.78, 5) is 19.5. The molecule has 2 aliphatic rings. The van der Waals surface area contributed by atoms with E-state index < -0.39 is 9.84 Å². The van der Waals surface area contributed by atoms with Crippen LogP contribution in [-0.2, 0) is 9.84 Å². The summed E-state index contributed by atoms with van der Waals surface area (Å²) in [5.74, 6) is 0.496. The molecule has 26 heavy (non-hydrogen) atoms. The molecular weight excluding hydrogens is 352 g/mol. The molecule has 4 heterocycles. The molecule has 0 unspecified atom stereocenters. The van der Waals surface area contributed by atoms with E-state index >= 15 is 0 Å². The minimum Gasteiger partial charge on any atom is -0.348 e. The van der Waals surface area contributed by atoms with Gasteiger partial charge in [-0.3, -0.25) is 14.1 Å². The van der Waals surface area contributed by atoms with Gasteiger partial charge in [0.05, 0.1) is 17.2 Å². The maximum atomic E-state index is 12.8. The zero-order valence-corrected chi connectivity index (χ0v) is 15.7. The fraction of sp³-hybridized carbons (Fsp3) is 0.556. The van der Waals surface area contributed by atoms with E-state index in [1.807, 2.05) is 35.7 Å². The van der Waals surface area contributed by atoms with Gasteiger partial charge in [-0.25, -0.2) is 13.4 Å². The van der Waals surface area contributed by atoms with Gasteiger partial charge in [-0.15, -0.1) is 0 Å². The lowest BCUT2D eigenvalue weighted by molar-refractivity contribution is 0.0891. The maximum absolute atomic E-state index is 12.8. The predicted octanol–water partition coefficient (Wildman–Crippen LogP) is 1.02. The summed E-state index contributed by atoms with van der Waals surface area (Å²) >= 11 is 0. The van der Waals surface area contributed by atoms with Gasteiger partial charge in [-0.05, 0) is 38.3 Å². The average Bonchev–Trinajstić information content (AvgIpc) is 3.14. The highest BCUT2D eigenvalue weighted by Gasteiger charge is 2.34. The lowest BCUT2D eigenvalue weighted by atomic mass is 10.0. The molecule has 2 saturated heterocycles. The van der Waals surface area contributed by atoms with E-state index in [4.69, 9.17) is 0 Å². The van der Waals surface area contributed by atoms with Gasteiger partial charge in [0.15, 0.2) is 9.84 Å². The number of carbonyl (C=O) groups excluding carboxylic acids is 1. The number of hydrogen-bond acceptors (Lipinski definition) is 5. The third-order valence-corrected chi connectivity index (χ3v) is 7.26. The van der Waals surface area contributed by atoms with E-state index in [0.717, 1.165) is 43.7 Å². The second-order valence-corrected chi connectivity index (χ2v) is 9.54. The zero-order chi connectivity index (χ0) is 18.3. The SMILES string of the molecule is Cc1nc2ccccn2c1C(=O)NC1CCN([C@H]2CCS(=O)(=O)C2)CC1. The van der Waals surface area contributed by atoms with E-state index in [-0.39, 0.29) is 23.7 Å². The van der Waals surface area contributed by atoms with E-state index in [1.165, 1.54) is 0 Å². The Morgan fingerprint density at radius 1 is 1.23 bits per heavy atom. The zero-order valence-electron chi connectivity index (χ0n) is 14.9. The number of amides is 1. The molecule has 1 atom stereocenters. The van der Waals surface area contributed by atoms with Gasteiger partial charge >= 0.3 is 0 Å². The fourth-order valence-corrected chi connectivity index (χ4v) is 5.87. The molecule has 2 aromatic heterocycles. The Bertz CT molecular complexity index is 929. The van der Waals surface area contributed by atoms with Crippen molar-refractivity contribution < 1.29 is 13.2 Å². The number of piperidine rings is 1. The van der Waals surface area contributed by atoms with Crippen molar-refractivity contribution in [1.29, 1.82) is 0 Å². The molecule has 7 nitrogen and oxygen atoms in total. The molecule has 1 N–H and O–H groups in total. The third-order valence-electron chi connectivity index (χ3n) is 5.51. The topological polar surface area (TPSA) is 83.8 Å². The highest BCUT2D eigenvalue weighted by atomic mass is 32.2. The number of carbonyl (C=O) groups is 1. The molecule has 0 aromatic carbocycles. The number of sulfone groups is 1. The van der Waals surface area contributed by atoms with Gasteiger partial charge in [0, 0.05) is 31.4 Å². The summed E-state index contributed by atoms with van der Waals surface area (Å²) in [6.07, 6.45) is 4.28. The van der Waals surface area contributed by atoms with Gasteiger partial charge < -0.3 is 5.32 Å². The van der Waals surface area contributed by atoms with E-state index in [2.05, 4.69) is 15.2 Å².